The monoisotopic (exact) mass is 423 g/mol. The van der Waals surface area contributed by atoms with E-state index < -0.39 is 0 Å². The van der Waals surface area contributed by atoms with E-state index in [2.05, 4.69) is 4.90 Å². The van der Waals surface area contributed by atoms with Crippen molar-refractivity contribution >= 4 is 11.6 Å². The Kier molecular flexibility index (Phi) is 6.42. The highest BCUT2D eigenvalue weighted by Gasteiger charge is 2.36. The summed E-state index contributed by atoms with van der Waals surface area (Å²) in [4.78, 5) is 15.5. The predicted molar refractivity (Wildman–Crippen MR) is 119 cm³/mol. The second-order valence-corrected chi connectivity index (χ2v) is 7.80. The molecule has 0 aromatic heterocycles. The molecule has 2 aromatic rings. The summed E-state index contributed by atoms with van der Waals surface area (Å²) in [7, 11) is 4.90. The van der Waals surface area contributed by atoms with E-state index in [0.29, 0.717) is 24.5 Å². The molecule has 2 heterocycles. The first-order valence-corrected chi connectivity index (χ1v) is 10.6. The van der Waals surface area contributed by atoms with E-state index in [0.717, 1.165) is 48.5 Å². The molecular formula is C24H29N3O4. The van der Waals surface area contributed by atoms with Crippen LogP contribution in [0.2, 0.25) is 0 Å². The first-order valence-electron chi connectivity index (χ1n) is 10.6. The van der Waals surface area contributed by atoms with Gasteiger partial charge in [0, 0.05) is 23.6 Å². The van der Waals surface area contributed by atoms with Crippen LogP contribution >= 0.6 is 0 Å². The number of para-hydroxylation sites is 1. The number of ether oxygens (including phenoxy) is 3. The van der Waals surface area contributed by atoms with Gasteiger partial charge >= 0.3 is 0 Å². The third-order valence-corrected chi connectivity index (χ3v) is 5.94. The summed E-state index contributed by atoms with van der Waals surface area (Å²) >= 11 is 0. The Morgan fingerprint density at radius 1 is 1.00 bits per heavy atom. The number of amides is 1. The minimum absolute atomic E-state index is 0.00494. The fraction of sp³-hybridized carbons (Fsp3) is 0.417. The minimum Gasteiger partial charge on any atom is -0.497 e. The van der Waals surface area contributed by atoms with Gasteiger partial charge < -0.3 is 14.2 Å². The minimum atomic E-state index is -0.254. The number of carbonyl (C=O) groups excluding carboxylic acids is 1. The number of hydrogen-bond donors (Lipinski definition) is 0. The molecule has 2 aliphatic heterocycles. The molecule has 1 amide bonds. The summed E-state index contributed by atoms with van der Waals surface area (Å²) in [6.07, 6.45) is 2.85. The zero-order valence-corrected chi connectivity index (χ0v) is 18.3. The van der Waals surface area contributed by atoms with Crippen LogP contribution in [0.3, 0.4) is 0 Å². The molecule has 4 rings (SSSR count). The van der Waals surface area contributed by atoms with Crippen LogP contribution in [0, 0.1) is 0 Å². The Morgan fingerprint density at radius 2 is 1.74 bits per heavy atom. The van der Waals surface area contributed by atoms with Gasteiger partial charge in [-0.15, -0.1) is 0 Å². The molecule has 2 aliphatic rings. The van der Waals surface area contributed by atoms with Gasteiger partial charge in [0.25, 0.3) is 5.91 Å². The van der Waals surface area contributed by atoms with Crippen LogP contribution in [-0.4, -0.2) is 62.5 Å². The SMILES string of the molecule is COc1ccc([C@@H]2CC(c3ccccc3OC)=NN2C(=O)CN2CCCC2)c(OC)c1. The Hall–Kier alpha value is -3.06. The van der Waals surface area contributed by atoms with E-state index in [1.807, 2.05) is 42.5 Å². The highest BCUT2D eigenvalue weighted by Crippen LogP contribution is 2.40. The summed E-state index contributed by atoms with van der Waals surface area (Å²) < 4.78 is 16.5. The number of nitrogens with zero attached hydrogens (tertiary/aromatic N) is 3. The molecule has 0 unspecified atom stereocenters. The van der Waals surface area contributed by atoms with Crippen molar-refractivity contribution in [3.8, 4) is 17.2 Å². The van der Waals surface area contributed by atoms with Crippen LogP contribution in [0.1, 0.15) is 36.4 Å². The number of methoxy groups -OCH3 is 3. The molecule has 0 N–H and O–H groups in total. The van der Waals surface area contributed by atoms with Gasteiger partial charge in [-0.1, -0.05) is 12.1 Å². The maximum absolute atomic E-state index is 13.3. The van der Waals surface area contributed by atoms with Crippen molar-refractivity contribution in [3.05, 3.63) is 53.6 Å². The number of hydrogen-bond acceptors (Lipinski definition) is 6. The van der Waals surface area contributed by atoms with Crippen LogP contribution in [0.15, 0.2) is 47.6 Å². The van der Waals surface area contributed by atoms with Crippen molar-refractivity contribution in [2.45, 2.75) is 25.3 Å². The molecule has 0 saturated carbocycles. The Bertz CT molecular complexity index is 969. The molecule has 7 nitrogen and oxygen atoms in total. The first kappa shape index (κ1) is 21.2. The topological polar surface area (TPSA) is 63.6 Å². The van der Waals surface area contributed by atoms with Crippen molar-refractivity contribution in [2.75, 3.05) is 41.0 Å². The summed E-state index contributed by atoms with van der Waals surface area (Å²) in [5, 5.41) is 6.42. The van der Waals surface area contributed by atoms with Crippen molar-refractivity contribution < 1.29 is 19.0 Å². The van der Waals surface area contributed by atoms with Crippen molar-refractivity contribution in [1.29, 1.82) is 0 Å². The lowest BCUT2D eigenvalue weighted by atomic mass is 9.97. The zero-order valence-electron chi connectivity index (χ0n) is 18.3. The second kappa shape index (κ2) is 9.39. The standard InChI is InChI=1S/C24H29N3O4/c1-29-17-10-11-19(23(14-17)31-3)21-15-20(18-8-4-5-9-22(18)30-2)25-27(21)24(28)16-26-12-6-7-13-26/h4-5,8-11,14,21H,6-7,12-13,15-16H2,1-3H3/t21-/m0/s1. The van der Waals surface area contributed by atoms with Crippen LogP contribution in [0.4, 0.5) is 0 Å². The fourth-order valence-electron chi connectivity index (χ4n) is 4.33. The molecule has 0 radical (unpaired) electrons. The number of hydrazone groups is 1. The predicted octanol–water partition coefficient (Wildman–Crippen LogP) is 3.49. The highest BCUT2D eigenvalue weighted by molar-refractivity contribution is 6.05. The zero-order chi connectivity index (χ0) is 21.8. The largest absolute Gasteiger partial charge is 0.497 e. The molecule has 2 aromatic carbocycles. The quantitative estimate of drug-likeness (QED) is 0.682. The molecule has 1 atom stereocenters. The number of benzene rings is 2. The molecule has 31 heavy (non-hydrogen) atoms. The lowest BCUT2D eigenvalue weighted by Crippen LogP contribution is -2.37. The summed E-state index contributed by atoms with van der Waals surface area (Å²) in [6.45, 7) is 2.29. The molecule has 0 spiro atoms. The van der Waals surface area contributed by atoms with Crippen molar-refractivity contribution in [3.63, 3.8) is 0 Å². The fourth-order valence-corrected chi connectivity index (χ4v) is 4.33. The molecule has 164 valence electrons. The number of rotatable bonds is 7. The highest BCUT2D eigenvalue weighted by atomic mass is 16.5. The van der Waals surface area contributed by atoms with Gasteiger partial charge in [0.15, 0.2) is 0 Å². The van der Waals surface area contributed by atoms with Gasteiger partial charge in [-0.2, -0.15) is 5.10 Å². The van der Waals surface area contributed by atoms with E-state index in [-0.39, 0.29) is 11.9 Å². The lowest BCUT2D eigenvalue weighted by Gasteiger charge is -2.25. The van der Waals surface area contributed by atoms with Gasteiger partial charge in [0.05, 0.1) is 39.6 Å². The summed E-state index contributed by atoms with van der Waals surface area (Å²) in [5.74, 6) is 2.13. The van der Waals surface area contributed by atoms with Crippen LogP contribution < -0.4 is 14.2 Å². The average molecular weight is 424 g/mol. The normalized spacial score (nSPS) is 18.7. The number of carbonyl (C=O) groups is 1. The van der Waals surface area contributed by atoms with E-state index in [1.54, 1.807) is 26.3 Å². The van der Waals surface area contributed by atoms with Gasteiger partial charge in [-0.3, -0.25) is 9.69 Å². The molecule has 7 heteroatoms. The maximum atomic E-state index is 13.3. The van der Waals surface area contributed by atoms with Crippen LogP contribution in [-0.2, 0) is 4.79 Å². The third kappa shape index (κ3) is 4.37. The van der Waals surface area contributed by atoms with E-state index in [4.69, 9.17) is 19.3 Å². The van der Waals surface area contributed by atoms with Crippen LogP contribution in [0.25, 0.3) is 0 Å². The molecule has 1 saturated heterocycles. The smallest absolute Gasteiger partial charge is 0.257 e. The molecule has 1 fully saturated rings. The first-order chi connectivity index (χ1) is 15.1. The van der Waals surface area contributed by atoms with Crippen molar-refractivity contribution in [2.24, 2.45) is 5.10 Å². The van der Waals surface area contributed by atoms with Gasteiger partial charge in [-0.25, -0.2) is 5.01 Å². The molecule has 0 aliphatic carbocycles. The summed E-state index contributed by atoms with van der Waals surface area (Å²) in [5.41, 5.74) is 2.64. The van der Waals surface area contributed by atoms with E-state index in [9.17, 15) is 4.79 Å². The van der Waals surface area contributed by atoms with Gasteiger partial charge in [-0.05, 0) is 50.2 Å². The Morgan fingerprint density at radius 3 is 2.45 bits per heavy atom. The number of likely N-dealkylation sites (tertiary alicyclic amines) is 1. The van der Waals surface area contributed by atoms with Crippen LogP contribution in [0.5, 0.6) is 17.2 Å². The van der Waals surface area contributed by atoms with Gasteiger partial charge in [0.2, 0.25) is 0 Å². The van der Waals surface area contributed by atoms with Crippen molar-refractivity contribution in [1.82, 2.24) is 9.91 Å². The third-order valence-electron chi connectivity index (χ3n) is 5.94. The second-order valence-electron chi connectivity index (χ2n) is 7.80. The average Bonchev–Trinajstić information content (AvgIpc) is 3.48. The Labute approximate surface area is 183 Å². The maximum Gasteiger partial charge on any atom is 0.257 e. The lowest BCUT2D eigenvalue weighted by molar-refractivity contribution is -0.134. The molecule has 0 bridgehead atoms. The van der Waals surface area contributed by atoms with Gasteiger partial charge in [0.1, 0.15) is 17.2 Å². The molecular weight excluding hydrogens is 394 g/mol. The summed E-state index contributed by atoms with van der Waals surface area (Å²) in [6, 6.07) is 13.2. The van der Waals surface area contributed by atoms with E-state index >= 15 is 0 Å². The van der Waals surface area contributed by atoms with E-state index in [1.165, 1.54) is 0 Å². The Balaban J connectivity index is 1.70.